The quantitative estimate of drug-likeness (QED) is 0.733. The standard InChI is InChI=1S/C13H22N2O3/c1-9(2)11(16)14-6-5-13(7-14)12(17)15(8-18-13)10(3)4/h9-10H,5-8H2,1-4H3. The van der Waals surface area contributed by atoms with Gasteiger partial charge in [0.2, 0.25) is 5.91 Å². The van der Waals surface area contributed by atoms with Crippen LogP contribution in [0.25, 0.3) is 0 Å². The van der Waals surface area contributed by atoms with Crippen LogP contribution in [0.4, 0.5) is 0 Å². The zero-order chi connectivity index (χ0) is 13.5. The van der Waals surface area contributed by atoms with E-state index in [1.54, 1.807) is 9.80 Å². The highest BCUT2D eigenvalue weighted by Gasteiger charge is 2.53. The number of carbonyl (C=O) groups is 2. The Balaban J connectivity index is 2.08. The normalized spacial score (nSPS) is 28.2. The van der Waals surface area contributed by atoms with Gasteiger partial charge >= 0.3 is 0 Å². The Bertz CT molecular complexity index is 367. The first-order chi connectivity index (χ1) is 8.37. The van der Waals surface area contributed by atoms with Crippen molar-refractivity contribution in [2.24, 2.45) is 5.92 Å². The molecule has 0 aromatic rings. The van der Waals surface area contributed by atoms with Crippen molar-refractivity contribution in [1.29, 1.82) is 0 Å². The van der Waals surface area contributed by atoms with Crippen molar-refractivity contribution in [3.63, 3.8) is 0 Å². The number of amides is 2. The van der Waals surface area contributed by atoms with Crippen LogP contribution in [0.3, 0.4) is 0 Å². The minimum atomic E-state index is -0.769. The molecule has 0 N–H and O–H groups in total. The van der Waals surface area contributed by atoms with Crippen molar-refractivity contribution in [3.8, 4) is 0 Å². The second-order valence-electron chi connectivity index (χ2n) is 5.80. The van der Waals surface area contributed by atoms with Crippen LogP contribution in [-0.4, -0.2) is 53.1 Å². The Hall–Kier alpha value is -1.10. The van der Waals surface area contributed by atoms with E-state index in [0.29, 0.717) is 26.2 Å². The maximum Gasteiger partial charge on any atom is 0.258 e. The molecule has 0 aromatic carbocycles. The van der Waals surface area contributed by atoms with Gasteiger partial charge in [-0.2, -0.15) is 0 Å². The number of rotatable bonds is 2. The van der Waals surface area contributed by atoms with Crippen LogP contribution in [-0.2, 0) is 14.3 Å². The molecule has 5 heteroatoms. The lowest BCUT2D eigenvalue weighted by molar-refractivity contribution is -0.139. The fraction of sp³-hybridized carbons (Fsp3) is 0.846. The smallest absolute Gasteiger partial charge is 0.258 e. The molecular weight excluding hydrogens is 232 g/mol. The van der Waals surface area contributed by atoms with E-state index in [1.807, 2.05) is 27.7 Å². The Morgan fingerprint density at radius 3 is 2.50 bits per heavy atom. The molecule has 2 saturated heterocycles. The van der Waals surface area contributed by atoms with E-state index in [9.17, 15) is 9.59 Å². The summed E-state index contributed by atoms with van der Waals surface area (Å²) in [4.78, 5) is 27.8. The lowest BCUT2D eigenvalue weighted by atomic mass is 10.0. The van der Waals surface area contributed by atoms with E-state index in [-0.39, 0.29) is 23.8 Å². The van der Waals surface area contributed by atoms with Gasteiger partial charge in [0, 0.05) is 24.9 Å². The third-order valence-corrected chi connectivity index (χ3v) is 3.79. The molecule has 2 rings (SSSR count). The highest BCUT2D eigenvalue weighted by atomic mass is 16.5. The molecule has 0 radical (unpaired) electrons. The molecule has 1 unspecified atom stereocenters. The van der Waals surface area contributed by atoms with Crippen molar-refractivity contribution < 1.29 is 14.3 Å². The van der Waals surface area contributed by atoms with Gasteiger partial charge in [0.1, 0.15) is 6.73 Å². The molecule has 5 nitrogen and oxygen atoms in total. The second kappa shape index (κ2) is 4.53. The second-order valence-corrected chi connectivity index (χ2v) is 5.80. The molecule has 2 aliphatic heterocycles. The predicted octanol–water partition coefficient (Wildman–Crippen LogP) is 0.838. The van der Waals surface area contributed by atoms with Gasteiger partial charge in [-0.15, -0.1) is 0 Å². The van der Waals surface area contributed by atoms with Crippen molar-refractivity contribution in [1.82, 2.24) is 9.80 Å². The first-order valence-electron chi connectivity index (χ1n) is 6.61. The maximum absolute atomic E-state index is 12.4. The number of likely N-dealkylation sites (tertiary alicyclic amines) is 1. The largest absolute Gasteiger partial charge is 0.343 e. The van der Waals surface area contributed by atoms with E-state index in [4.69, 9.17) is 4.74 Å². The molecule has 18 heavy (non-hydrogen) atoms. The topological polar surface area (TPSA) is 49.9 Å². The molecule has 0 saturated carbocycles. The minimum Gasteiger partial charge on any atom is -0.343 e. The van der Waals surface area contributed by atoms with Crippen LogP contribution in [0, 0.1) is 5.92 Å². The van der Waals surface area contributed by atoms with Gasteiger partial charge < -0.3 is 14.5 Å². The number of hydrogen-bond acceptors (Lipinski definition) is 3. The molecule has 2 heterocycles. The average molecular weight is 254 g/mol. The molecular formula is C13H22N2O3. The van der Waals surface area contributed by atoms with Gasteiger partial charge in [0.15, 0.2) is 5.60 Å². The monoisotopic (exact) mass is 254 g/mol. The van der Waals surface area contributed by atoms with E-state index in [0.717, 1.165) is 0 Å². The fourth-order valence-electron chi connectivity index (χ4n) is 2.59. The number of hydrogen-bond donors (Lipinski definition) is 0. The zero-order valence-corrected chi connectivity index (χ0v) is 11.6. The van der Waals surface area contributed by atoms with Gasteiger partial charge in [0.05, 0.1) is 6.54 Å². The highest BCUT2D eigenvalue weighted by molar-refractivity contribution is 5.89. The lowest BCUT2D eigenvalue weighted by Crippen LogP contribution is -2.46. The van der Waals surface area contributed by atoms with Gasteiger partial charge in [-0.3, -0.25) is 9.59 Å². The van der Waals surface area contributed by atoms with Crippen molar-refractivity contribution in [3.05, 3.63) is 0 Å². The molecule has 1 atom stereocenters. The molecule has 2 fully saturated rings. The average Bonchev–Trinajstić information content (AvgIpc) is 2.85. The minimum absolute atomic E-state index is 0.0298. The Morgan fingerprint density at radius 2 is 2.00 bits per heavy atom. The van der Waals surface area contributed by atoms with Gasteiger partial charge in [-0.25, -0.2) is 0 Å². The first-order valence-corrected chi connectivity index (χ1v) is 6.61. The summed E-state index contributed by atoms with van der Waals surface area (Å²) >= 11 is 0. The third kappa shape index (κ3) is 2.00. The highest BCUT2D eigenvalue weighted by Crippen LogP contribution is 2.33. The summed E-state index contributed by atoms with van der Waals surface area (Å²) in [7, 11) is 0. The molecule has 2 amide bonds. The maximum atomic E-state index is 12.4. The molecule has 0 bridgehead atoms. The van der Waals surface area contributed by atoms with Gasteiger partial charge in [0.25, 0.3) is 5.91 Å². The number of nitrogens with zero attached hydrogens (tertiary/aromatic N) is 2. The van der Waals surface area contributed by atoms with Crippen LogP contribution in [0.15, 0.2) is 0 Å². The van der Waals surface area contributed by atoms with Crippen LogP contribution < -0.4 is 0 Å². The predicted molar refractivity (Wildman–Crippen MR) is 66.7 cm³/mol. The zero-order valence-electron chi connectivity index (χ0n) is 11.6. The summed E-state index contributed by atoms with van der Waals surface area (Å²) in [6.45, 7) is 9.09. The van der Waals surface area contributed by atoms with E-state index in [2.05, 4.69) is 0 Å². The molecule has 1 spiro atoms. The Morgan fingerprint density at radius 1 is 1.33 bits per heavy atom. The molecule has 0 aliphatic carbocycles. The Kier molecular flexibility index (Phi) is 3.36. The van der Waals surface area contributed by atoms with Crippen molar-refractivity contribution in [2.75, 3.05) is 19.8 Å². The summed E-state index contributed by atoms with van der Waals surface area (Å²) in [6, 6.07) is 0.145. The SMILES string of the molecule is CC(C)C(=O)N1CCC2(C1)OCN(C(C)C)C2=O. The number of ether oxygens (including phenoxy) is 1. The van der Waals surface area contributed by atoms with Crippen molar-refractivity contribution >= 4 is 11.8 Å². The van der Waals surface area contributed by atoms with E-state index >= 15 is 0 Å². The summed E-state index contributed by atoms with van der Waals surface area (Å²) in [5.41, 5.74) is -0.769. The first kappa shape index (κ1) is 13.3. The van der Waals surface area contributed by atoms with Crippen LogP contribution in [0.2, 0.25) is 0 Å². The summed E-state index contributed by atoms with van der Waals surface area (Å²) in [6.07, 6.45) is 0.619. The van der Waals surface area contributed by atoms with E-state index < -0.39 is 5.60 Å². The summed E-state index contributed by atoms with van der Waals surface area (Å²) in [5, 5.41) is 0. The summed E-state index contributed by atoms with van der Waals surface area (Å²) < 4.78 is 5.73. The van der Waals surface area contributed by atoms with Crippen LogP contribution >= 0.6 is 0 Å². The fourth-order valence-corrected chi connectivity index (χ4v) is 2.59. The van der Waals surface area contributed by atoms with Gasteiger partial charge in [-0.05, 0) is 13.8 Å². The van der Waals surface area contributed by atoms with Gasteiger partial charge in [-0.1, -0.05) is 13.8 Å². The van der Waals surface area contributed by atoms with Crippen LogP contribution in [0.5, 0.6) is 0 Å². The van der Waals surface area contributed by atoms with Crippen molar-refractivity contribution in [2.45, 2.75) is 45.8 Å². The summed E-state index contributed by atoms with van der Waals surface area (Å²) in [5.74, 6) is 0.112. The number of carbonyl (C=O) groups excluding carboxylic acids is 2. The molecule has 0 aromatic heterocycles. The van der Waals surface area contributed by atoms with Crippen LogP contribution in [0.1, 0.15) is 34.1 Å². The Labute approximate surface area is 108 Å². The van der Waals surface area contributed by atoms with E-state index in [1.165, 1.54) is 0 Å². The molecule has 102 valence electrons. The lowest BCUT2D eigenvalue weighted by Gasteiger charge is -2.24. The third-order valence-electron chi connectivity index (χ3n) is 3.79. The molecule has 2 aliphatic rings.